The number of fused-ring (bicyclic) bond motifs is 3. The van der Waals surface area contributed by atoms with E-state index in [0.29, 0.717) is 18.1 Å². The molecule has 1 amide bonds. The standard InChI is InChI=1S/C31H31ClNO7PS/c1-21-20-42-31-26(15-25-30(29(21)31)24(16-32)17-33(25)27(34)13-8-14-28(35)36)40-41(37,38-18-22-9-4-2-5-10-22)39-19-23-11-6-3-7-12-23/h2-7,9-12,15,20,24H,8,13-14,16-19H2,1H3,(H,35,36). The highest BCUT2D eigenvalue weighted by atomic mass is 35.5. The number of benzene rings is 3. The number of hydrogen-bond donors (Lipinski definition) is 1. The van der Waals surface area contributed by atoms with Gasteiger partial charge in [0.05, 0.1) is 23.6 Å². The number of phosphoric acid groups is 1. The number of carboxylic acid groups (broad SMARTS) is 1. The maximum Gasteiger partial charge on any atom is 0.530 e. The molecule has 42 heavy (non-hydrogen) atoms. The third-order valence-corrected chi connectivity index (χ3v) is 9.85. The van der Waals surface area contributed by atoms with Crippen LogP contribution in [0.4, 0.5) is 5.69 Å². The normalized spacial score (nSPS) is 14.7. The minimum atomic E-state index is -4.17. The minimum Gasteiger partial charge on any atom is -0.481 e. The molecule has 3 aromatic carbocycles. The molecule has 1 aliphatic heterocycles. The van der Waals surface area contributed by atoms with Gasteiger partial charge in [-0.2, -0.15) is 0 Å². The average Bonchev–Trinajstić information content (AvgIpc) is 3.56. The highest BCUT2D eigenvalue weighted by Gasteiger charge is 2.37. The molecule has 0 saturated heterocycles. The van der Waals surface area contributed by atoms with Gasteiger partial charge in [-0.25, -0.2) is 4.57 Å². The van der Waals surface area contributed by atoms with Crippen LogP contribution >= 0.6 is 30.8 Å². The molecule has 1 aromatic heterocycles. The zero-order chi connectivity index (χ0) is 29.7. The van der Waals surface area contributed by atoms with Gasteiger partial charge < -0.3 is 14.5 Å². The lowest BCUT2D eigenvalue weighted by atomic mass is 9.97. The van der Waals surface area contributed by atoms with E-state index in [1.807, 2.05) is 73.0 Å². The van der Waals surface area contributed by atoms with E-state index >= 15 is 0 Å². The second kappa shape index (κ2) is 13.4. The largest absolute Gasteiger partial charge is 0.530 e. The van der Waals surface area contributed by atoms with Gasteiger partial charge in [-0.3, -0.25) is 18.6 Å². The Balaban J connectivity index is 1.51. The van der Waals surface area contributed by atoms with Gasteiger partial charge in [-0.05, 0) is 41.0 Å². The summed E-state index contributed by atoms with van der Waals surface area (Å²) < 4.78 is 32.9. The van der Waals surface area contributed by atoms with Crippen molar-refractivity contribution < 1.29 is 32.8 Å². The van der Waals surface area contributed by atoms with Crippen LogP contribution in [0.5, 0.6) is 5.75 Å². The zero-order valence-corrected chi connectivity index (χ0v) is 25.5. The van der Waals surface area contributed by atoms with Crippen molar-refractivity contribution in [2.45, 2.75) is 45.3 Å². The number of thiophene rings is 1. The van der Waals surface area contributed by atoms with Crippen molar-refractivity contribution in [3.05, 3.63) is 94.4 Å². The van der Waals surface area contributed by atoms with Gasteiger partial charge in [0.25, 0.3) is 0 Å². The number of anilines is 1. The number of rotatable bonds is 13. The minimum absolute atomic E-state index is 0.00691. The average molecular weight is 628 g/mol. The zero-order valence-electron chi connectivity index (χ0n) is 23.0. The quantitative estimate of drug-likeness (QED) is 0.118. The molecule has 11 heteroatoms. The third-order valence-electron chi connectivity index (χ3n) is 7.06. The van der Waals surface area contributed by atoms with E-state index < -0.39 is 13.8 Å². The van der Waals surface area contributed by atoms with Gasteiger partial charge in [-0.15, -0.1) is 22.9 Å². The first-order valence-electron chi connectivity index (χ1n) is 13.6. The molecule has 220 valence electrons. The van der Waals surface area contributed by atoms with E-state index in [4.69, 9.17) is 30.3 Å². The molecular weight excluding hydrogens is 597 g/mol. The van der Waals surface area contributed by atoms with E-state index in [9.17, 15) is 14.2 Å². The van der Waals surface area contributed by atoms with E-state index in [1.54, 1.807) is 11.0 Å². The fraction of sp³-hybridized carbons (Fsp3) is 0.290. The van der Waals surface area contributed by atoms with Crippen LogP contribution in [0.2, 0.25) is 0 Å². The summed E-state index contributed by atoms with van der Waals surface area (Å²) in [6.07, 6.45) is 0.212. The molecule has 2 heterocycles. The predicted molar refractivity (Wildman–Crippen MR) is 165 cm³/mol. The number of alkyl halides is 1. The van der Waals surface area contributed by atoms with Crippen molar-refractivity contribution in [3.63, 3.8) is 0 Å². The fourth-order valence-electron chi connectivity index (χ4n) is 5.02. The number of halogens is 1. The number of aliphatic carboxylic acids is 1. The number of aryl methyl sites for hydroxylation is 1. The van der Waals surface area contributed by atoms with E-state index in [2.05, 4.69) is 0 Å². The second-order valence-corrected chi connectivity index (χ2v) is 12.9. The number of carbonyl (C=O) groups excluding carboxylic acids is 1. The smallest absolute Gasteiger partial charge is 0.481 e. The molecular formula is C31H31ClNO7PS. The van der Waals surface area contributed by atoms with Gasteiger partial charge in [0, 0.05) is 42.6 Å². The maximum absolute atomic E-state index is 14.2. The Morgan fingerprint density at radius 3 is 2.21 bits per heavy atom. The highest BCUT2D eigenvalue weighted by molar-refractivity contribution is 7.49. The molecule has 1 unspecified atom stereocenters. The summed E-state index contributed by atoms with van der Waals surface area (Å²) in [4.78, 5) is 25.9. The molecule has 1 atom stereocenters. The van der Waals surface area contributed by atoms with Crippen LogP contribution in [-0.2, 0) is 36.4 Å². The Morgan fingerprint density at radius 2 is 1.64 bits per heavy atom. The maximum atomic E-state index is 14.2. The first kappa shape index (κ1) is 30.3. The fourth-order valence-corrected chi connectivity index (χ4v) is 7.54. The van der Waals surface area contributed by atoms with E-state index in [0.717, 1.165) is 32.3 Å². The van der Waals surface area contributed by atoms with Crippen molar-refractivity contribution >= 4 is 58.4 Å². The number of hydrogen-bond acceptors (Lipinski definition) is 7. The van der Waals surface area contributed by atoms with Crippen LogP contribution in [0.3, 0.4) is 0 Å². The molecule has 0 saturated carbocycles. The lowest BCUT2D eigenvalue weighted by Gasteiger charge is -2.22. The lowest BCUT2D eigenvalue weighted by molar-refractivity contribution is -0.137. The summed E-state index contributed by atoms with van der Waals surface area (Å²) in [6.45, 7) is 2.36. The van der Waals surface area contributed by atoms with Crippen LogP contribution in [-0.4, -0.2) is 29.4 Å². The molecule has 0 spiro atoms. The predicted octanol–water partition coefficient (Wildman–Crippen LogP) is 8.05. The number of carbonyl (C=O) groups is 2. The van der Waals surface area contributed by atoms with E-state index in [1.165, 1.54) is 11.3 Å². The van der Waals surface area contributed by atoms with Crippen LogP contribution in [0, 0.1) is 6.92 Å². The topological polar surface area (TPSA) is 102 Å². The second-order valence-electron chi connectivity index (χ2n) is 10.1. The molecule has 8 nitrogen and oxygen atoms in total. The summed E-state index contributed by atoms with van der Waals surface area (Å²) >= 11 is 7.83. The Labute approximate surface area is 253 Å². The Kier molecular flexibility index (Phi) is 9.66. The number of carboxylic acids is 1. The van der Waals surface area contributed by atoms with Gasteiger partial charge in [0.1, 0.15) is 0 Å². The van der Waals surface area contributed by atoms with Crippen molar-refractivity contribution in [1.29, 1.82) is 0 Å². The Hall–Kier alpha value is -3.20. The molecule has 1 aliphatic rings. The van der Waals surface area contributed by atoms with Crippen molar-refractivity contribution in [1.82, 2.24) is 0 Å². The molecule has 4 aromatic rings. The van der Waals surface area contributed by atoms with Gasteiger partial charge in [0.15, 0.2) is 5.75 Å². The van der Waals surface area contributed by atoms with Crippen LogP contribution in [0.15, 0.2) is 72.1 Å². The van der Waals surface area contributed by atoms with E-state index in [-0.39, 0.29) is 50.1 Å². The van der Waals surface area contributed by atoms with Gasteiger partial charge >= 0.3 is 13.8 Å². The van der Waals surface area contributed by atoms with Crippen molar-refractivity contribution in [3.8, 4) is 5.75 Å². The first-order valence-corrected chi connectivity index (χ1v) is 16.4. The Morgan fingerprint density at radius 1 is 1.02 bits per heavy atom. The molecule has 1 N–H and O–H groups in total. The third kappa shape index (κ3) is 6.88. The molecule has 5 rings (SSSR count). The molecule has 0 bridgehead atoms. The SMILES string of the molecule is Cc1csc2c(OP(=O)(OCc3ccccc3)OCc3ccccc3)cc3c(c12)C(CCl)CN3C(=O)CCCC(=O)O. The van der Waals surface area contributed by atoms with Crippen LogP contribution < -0.4 is 9.42 Å². The summed E-state index contributed by atoms with van der Waals surface area (Å²) in [7, 11) is -4.17. The molecule has 0 fully saturated rings. The summed E-state index contributed by atoms with van der Waals surface area (Å²) in [6, 6.07) is 20.4. The number of amides is 1. The summed E-state index contributed by atoms with van der Waals surface area (Å²) in [5.74, 6) is -0.686. The van der Waals surface area contributed by atoms with Gasteiger partial charge in [0.2, 0.25) is 5.91 Å². The summed E-state index contributed by atoms with van der Waals surface area (Å²) in [5, 5.41) is 11.9. The molecule has 0 radical (unpaired) electrons. The van der Waals surface area contributed by atoms with Crippen LogP contribution in [0.25, 0.3) is 10.1 Å². The first-order chi connectivity index (χ1) is 20.3. The summed E-state index contributed by atoms with van der Waals surface area (Å²) in [5.41, 5.74) is 4.14. The lowest BCUT2D eigenvalue weighted by Crippen LogP contribution is -2.30. The Bertz CT molecular complexity index is 1560. The van der Waals surface area contributed by atoms with Crippen LogP contribution in [0.1, 0.15) is 47.4 Å². The monoisotopic (exact) mass is 627 g/mol. The highest BCUT2D eigenvalue weighted by Crippen LogP contribution is 2.56. The number of nitrogens with zero attached hydrogens (tertiary/aromatic N) is 1. The van der Waals surface area contributed by atoms with Gasteiger partial charge in [-0.1, -0.05) is 60.7 Å². The molecule has 0 aliphatic carbocycles. The number of phosphoric ester groups is 1. The van der Waals surface area contributed by atoms with Crippen molar-refractivity contribution in [2.75, 3.05) is 17.3 Å². The van der Waals surface area contributed by atoms with Crippen molar-refractivity contribution in [2.24, 2.45) is 0 Å².